The highest BCUT2D eigenvalue weighted by Crippen LogP contribution is 2.29. The van der Waals surface area contributed by atoms with E-state index in [1.807, 2.05) is 0 Å². The average Bonchev–Trinajstić information content (AvgIpc) is 2.53. The largest absolute Gasteiger partial charge is 0.416 e. The standard InChI is InChI=1S/C17H10BrClF3NO/c18-13-6-7-15(19)14(10-13)16(24)23-8-2-4-11-3-1-5-12(9-11)17(20,21)22/h1,3,5-7,9-10H,8H2,(H,23,24). The second kappa shape index (κ2) is 7.73. The number of hydrogen-bond acceptors (Lipinski definition) is 1. The third-order valence-electron chi connectivity index (χ3n) is 2.93. The van der Waals surface area contributed by atoms with E-state index in [0.717, 1.165) is 12.1 Å². The molecule has 2 nitrogen and oxygen atoms in total. The van der Waals surface area contributed by atoms with Gasteiger partial charge in [-0.3, -0.25) is 4.79 Å². The molecule has 0 atom stereocenters. The number of amides is 1. The van der Waals surface area contributed by atoms with E-state index in [4.69, 9.17) is 11.6 Å². The Bertz CT molecular complexity index is 825. The maximum Gasteiger partial charge on any atom is 0.416 e. The topological polar surface area (TPSA) is 29.1 Å². The minimum Gasteiger partial charge on any atom is -0.341 e. The molecule has 24 heavy (non-hydrogen) atoms. The highest BCUT2D eigenvalue weighted by molar-refractivity contribution is 9.10. The van der Waals surface area contributed by atoms with Crippen LogP contribution in [0.1, 0.15) is 21.5 Å². The van der Waals surface area contributed by atoms with Crippen LogP contribution in [0.4, 0.5) is 13.2 Å². The molecule has 1 N–H and O–H groups in total. The Kier molecular flexibility index (Phi) is 5.92. The van der Waals surface area contributed by atoms with Crippen molar-refractivity contribution in [3.8, 4) is 11.8 Å². The number of alkyl halides is 3. The molecule has 0 aliphatic heterocycles. The molecule has 0 fully saturated rings. The van der Waals surface area contributed by atoms with Crippen LogP contribution in [0.3, 0.4) is 0 Å². The molecule has 2 rings (SSSR count). The van der Waals surface area contributed by atoms with Gasteiger partial charge in [0, 0.05) is 10.0 Å². The van der Waals surface area contributed by atoms with Crippen molar-refractivity contribution < 1.29 is 18.0 Å². The van der Waals surface area contributed by atoms with Crippen molar-refractivity contribution in [3.63, 3.8) is 0 Å². The normalized spacial score (nSPS) is 10.7. The van der Waals surface area contributed by atoms with Crippen LogP contribution in [0.2, 0.25) is 5.02 Å². The Morgan fingerprint density at radius 2 is 1.96 bits per heavy atom. The fraction of sp³-hybridized carbons (Fsp3) is 0.118. The lowest BCUT2D eigenvalue weighted by Gasteiger charge is -2.06. The summed E-state index contributed by atoms with van der Waals surface area (Å²) in [5, 5.41) is 2.84. The fourth-order valence-electron chi connectivity index (χ4n) is 1.81. The summed E-state index contributed by atoms with van der Waals surface area (Å²) >= 11 is 9.18. The summed E-state index contributed by atoms with van der Waals surface area (Å²) in [5.41, 5.74) is -0.259. The van der Waals surface area contributed by atoms with Gasteiger partial charge in [-0.05, 0) is 36.4 Å². The summed E-state index contributed by atoms with van der Waals surface area (Å²) in [7, 11) is 0. The molecule has 0 aliphatic carbocycles. The van der Waals surface area contributed by atoms with E-state index in [1.54, 1.807) is 18.2 Å². The molecule has 1 amide bonds. The first-order chi connectivity index (χ1) is 11.3. The van der Waals surface area contributed by atoms with Crippen molar-refractivity contribution in [2.45, 2.75) is 6.18 Å². The molecule has 2 aromatic rings. The van der Waals surface area contributed by atoms with Crippen LogP contribution in [-0.2, 0) is 6.18 Å². The van der Waals surface area contributed by atoms with E-state index in [1.165, 1.54) is 12.1 Å². The van der Waals surface area contributed by atoms with Gasteiger partial charge in [0.25, 0.3) is 5.91 Å². The molecular weight excluding hydrogens is 407 g/mol. The third kappa shape index (κ3) is 5.02. The minimum absolute atomic E-state index is 0.0160. The molecule has 0 spiro atoms. The number of carbonyl (C=O) groups excluding carboxylic acids is 1. The summed E-state index contributed by atoms with van der Waals surface area (Å²) in [6.45, 7) is -0.0160. The second-order valence-electron chi connectivity index (χ2n) is 4.69. The maximum atomic E-state index is 12.6. The van der Waals surface area contributed by atoms with Gasteiger partial charge in [-0.15, -0.1) is 0 Å². The van der Waals surface area contributed by atoms with Crippen LogP contribution >= 0.6 is 27.5 Å². The summed E-state index contributed by atoms with van der Waals surface area (Å²) in [6, 6.07) is 9.53. The quantitative estimate of drug-likeness (QED) is 0.693. The Hall–Kier alpha value is -1.97. The number of nitrogens with one attached hydrogen (secondary N) is 1. The van der Waals surface area contributed by atoms with Gasteiger partial charge in [-0.25, -0.2) is 0 Å². The van der Waals surface area contributed by atoms with Crippen molar-refractivity contribution in [1.82, 2.24) is 5.32 Å². The molecule has 0 radical (unpaired) electrons. The highest BCUT2D eigenvalue weighted by atomic mass is 79.9. The zero-order chi connectivity index (χ0) is 17.7. The predicted octanol–water partition coefficient (Wildman–Crippen LogP) is 4.90. The Balaban J connectivity index is 2.02. The van der Waals surface area contributed by atoms with E-state index in [9.17, 15) is 18.0 Å². The lowest BCUT2D eigenvalue weighted by atomic mass is 10.1. The first kappa shape index (κ1) is 18.4. The summed E-state index contributed by atoms with van der Waals surface area (Å²) in [6.07, 6.45) is -4.41. The SMILES string of the molecule is O=C(NCC#Cc1cccc(C(F)(F)F)c1)c1cc(Br)ccc1Cl. The van der Waals surface area contributed by atoms with Crippen molar-refractivity contribution in [2.75, 3.05) is 6.54 Å². The van der Waals surface area contributed by atoms with Gasteiger partial charge in [0.2, 0.25) is 0 Å². The monoisotopic (exact) mass is 415 g/mol. The number of hydrogen-bond donors (Lipinski definition) is 1. The van der Waals surface area contributed by atoms with Crippen LogP contribution in [0.15, 0.2) is 46.9 Å². The van der Waals surface area contributed by atoms with E-state index in [2.05, 4.69) is 33.1 Å². The average molecular weight is 417 g/mol. The molecule has 0 aromatic heterocycles. The van der Waals surface area contributed by atoms with Crippen molar-refractivity contribution in [1.29, 1.82) is 0 Å². The maximum absolute atomic E-state index is 12.6. The van der Waals surface area contributed by atoms with Gasteiger partial charge in [0.15, 0.2) is 0 Å². The van der Waals surface area contributed by atoms with Crippen LogP contribution in [-0.4, -0.2) is 12.5 Å². The Morgan fingerprint density at radius 1 is 1.21 bits per heavy atom. The van der Waals surface area contributed by atoms with Gasteiger partial charge in [-0.1, -0.05) is 45.4 Å². The molecule has 0 saturated heterocycles. The van der Waals surface area contributed by atoms with E-state index < -0.39 is 17.6 Å². The highest BCUT2D eigenvalue weighted by Gasteiger charge is 2.30. The van der Waals surface area contributed by atoms with Crippen LogP contribution < -0.4 is 5.32 Å². The zero-order valence-corrected chi connectivity index (χ0v) is 14.4. The van der Waals surface area contributed by atoms with Gasteiger partial charge in [0.05, 0.1) is 22.7 Å². The van der Waals surface area contributed by atoms with Crippen molar-refractivity contribution >= 4 is 33.4 Å². The number of carbonyl (C=O) groups is 1. The Labute approximate surface area is 150 Å². The van der Waals surface area contributed by atoms with E-state index in [0.29, 0.717) is 9.50 Å². The van der Waals surface area contributed by atoms with Crippen molar-refractivity contribution in [3.05, 3.63) is 68.7 Å². The predicted molar refractivity (Wildman–Crippen MR) is 89.8 cm³/mol. The van der Waals surface area contributed by atoms with Crippen molar-refractivity contribution in [2.24, 2.45) is 0 Å². The van der Waals surface area contributed by atoms with Gasteiger partial charge >= 0.3 is 6.18 Å². The first-order valence-electron chi connectivity index (χ1n) is 6.67. The van der Waals surface area contributed by atoms with Gasteiger partial charge < -0.3 is 5.32 Å². The smallest absolute Gasteiger partial charge is 0.341 e. The summed E-state index contributed by atoms with van der Waals surface area (Å²) < 4.78 is 38.5. The lowest BCUT2D eigenvalue weighted by molar-refractivity contribution is -0.137. The molecule has 0 saturated carbocycles. The Morgan fingerprint density at radius 3 is 2.67 bits per heavy atom. The number of halogens is 5. The third-order valence-corrected chi connectivity index (χ3v) is 3.76. The van der Waals surface area contributed by atoms with E-state index >= 15 is 0 Å². The van der Waals surface area contributed by atoms with Crippen LogP contribution in [0, 0.1) is 11.8 Å². The molecule has 0 unspecified atom stereocenters. The molecule has 124 valence electrons. The van der Waals surface area contributed by atoms with Gasteiger partial charge in [0.1, 0.15) is 0 Å². The summed E-state index contributed by atoms with van der Waals surface area (Å²) in [4.78, 5) is 12.0. The van der Waals surface area contributed by atoms with Crippen LogP contribution in [0.25, 0.3) is 0 Å². The molecule has 0 bridgehead atoms. The zero-order valence-electron chi connectivity index (χ0n) is 12.0. The lowest BCUT2D eigenvalue weighted by Crippen LogP contribution is -2.23. The molecule has 7 heteroatoms. The fourth-order valence-corrected chi connectivity index (χ4v) is 2.38. The molecular formula is C17H10BrClF3NO. The van der Waals surface area contributed by atoms with Crippen LogP contribution in [0.5, 0.6) is 0 Å². The first-order valence-corrected chi connectivity index (χ1v) is 7.84. The number of benzene rings is 2. The molecule has 0 heterocycles. The summed E-state index contributed by atoms with van der Waals surface area (Å²) in [5.74, 6) is 4.78. The second-order valence-corrected chi connectivity index (χ2v) is 6.01. The van der Waals surface area contributed by atoms with E-state index in [-0.39, 0.29) is 17.7 Å². The molecule has 2 aromatic carbocycles. The van der Waals surface area contributed by atoms with Gasteiger partial charge in [-0.2, -0.15) is 13.2 Å². The minimum atomic E-state index is -4.41. The molecule has 0 aliphatic rings. The number of rotatable bonds is 2.